The number of hydrogen-bond donors (Lipinski definition) is 2. The Hall–Kier alpha value is -2.19. The summed E-state index contributed by atoms with van der Waals surface area (Å²) in [7, 11) is 0. The summed E-state index contributed by atoms with van der Waals surface area (Å²) < 4.78 is 61.5. The first-order valence-corrected chi connectivity index (χ1v) is 5.07. The smallest absolute Gasteiger partial charge is 0.463 e. The van der Waals surface area contributed by atoms with Crippen LogP contribution in [0.4, 0.5) is 27.6 Å². The van der Waals surface area contributed by atoms with Gasteiger partial charge in [-0.25, -0.2) is 4.79 Å². The Labute approximate surface area is 109 Å². The molecule has 1 rings (SSSR count). The number of carbonyl (C=O) groups is 2. The van der Waals surface area contributed by atoms with Gasteiger partial charge in [0.25, 0.3) is 0 Å². The van der Waals surface area contributed by atoms with E-state index in [-0.39, 0.29) is 5.56 Å². The Morgan fingerprint density at radius 2 is 1.70 bits per heavy atom. The number of carbonyl (C=O) groups excluding carboxylic acids is 1. The fraction of sp³-hybridized carbons (Fsp3) is 0.273. The summed E-state index contributed by atoms with van der Waals surface area (Å²) in [6.45, 7) is 1.31. The third-order valence-corrected chi connectivity index (χ3v) is 2.38. The van der Waals surface area contributed by atoms with Gasteiger partial charge in [0.05, 0.1) is 11.3 Å². The first-order valence-electron chi connectivity index (χ1n) is 5.07. The van der Waals surface area contributed by atoms with E-state index < -0.39 is 35.2 Å². The van der Waals surface area contributed by atoms with E-state index in [0.29, 0.717) is 0 Å². The average molecular weight is 297 g/mol. The molecule has 0 bridgehead atoms. The Balaban J connectivity index is 3.16. The number of rotatable bonds is 3. The number of halogens is 5. The Bertz CT molecular complexity index is 553. The van der Waals surface area contributed by atoms with Crippen LogP contribution in [0.25, 0.3) is 0 Å². The maximum absolute atomic E-state index is 12.8. The molecular weight excluding hydrogens is 289 g/mol. The summed E-state index contributed by atoms with van der Waals surface area (Å²) in [5, 5.41) is 10.2. The number of carboxylic acid groups (broad SMARTS) is 1. The van der Waals surface area contributed by atoms with Gasteiger partial charge in [-0.15, -0.1) is 0 Å². The molecule has 0 radical (unpaired) electrons. The molecule has 0 unspecified atom stereocenters. The van der Waals surface area contributed by atoms with Crippen LogP contribution in [-0.4, -0.2) is 29.1 Å². The van der Waals surface area contributed by atoms with Crippen molar-refractivity contribution < 1.29 is 36.6 Å². The third-order valence-electron chi connectivity index (χ3n) is 2.38. The highest BCUT2D eigenvalue weighted by molar-refractivity contribution is 6.03. The van der Waals surface area contributed by atoms with E-state index in [9.17, 15) is 31.5 Å². The van der Waals surface area contributed by atoms with Crippen molar-refractivity contribution >= 4 is 17.6 Å². The van der Waals surface area contributed by atoms with Crippen LogP contribution in [0.2, 0.25) is 0 Å². The molecule has 0 aliphatic rings. The van der Waals surface area contributed by atoms with Gasteiger partial charge < -0.3 is 10.4 Å². The summed E-state index contributed by atoms with van der Waals surface area (Å²) in [5.74, 6) is -9.82. The van der Waals surface area contributed by atoms with Crippen LogP contribution >= 0.6 is 0 Å². The first kappa shape index (κ1) is 15.9. The van der Waals surface area contributed by atoms with E-state index in [2.05, 4.69) is 0 Å². The number of alkyl halides is 5. The van der Waals surface area contributed by atoms with Gasteiger partial charge in [0, 0.05) is 0 Å². The predicted octanol–water partition coefficient (Wildman–Crippen LogP) is 2.83. The molecule has 20 heavy (non-hydrogen) atoms. The highest BCUT2D eigenvalue weighted by Crippen LogP contribution is 2.36. The van der Waals surface area contributed by atoms with Crippen molar-refractivity contribution in [1.82, 2.24) is 0 Å². The van der Waals surface area contributed by atoms with Crippen LogP contribution in [0, 0.1) is 6.92 Å². The number of nitrogens with one attached hydrogen (secondary N) is 1. The highest BCUT2D eigenvalue weighted by Gasteiger charge is 2.63. The van der Waals surface area contributed by atoms with Crippen LogP contribution in [0.3, 0.4) is 0 Å². The minimum Gasteiger partial charge on any atom is -0.478 e. The van der Waals surface area contributed by atoms with Crippen LogP contribution in [0.1, 0.15) is 15.9 Å². The molecule has 1 aromatic rings. The van der Waals surface area contributed by atoms with E-state index in [4.69, 9.17) is 5.11 Å². The van der Waals surface area contributed by atoms with Crippen molar-refractivity contribution in [2.45, 2.75) is 19.0 Å². The number of aromatic carboxylic acids is 1. The fourth-order valence-electron chi connectivity index (χ4n) is 1.39. The molecule has 0 atom stereocenters. The zero-order valence-corrected chi connectivity index (χ0v) is 9.89. The second kappa shape index (κ2) is 5.06. The van der Waals surface area contributed by atoms with Gasteiger partial charge in [-0.1, -0.05) is 12.1 Å². The highest BCUT2D eigenvalue weighted by atomic mass is 19.4. The van der Waals surface area contributed by atoms with Gasteiger partial charge in [-0.05, 0) is 18.6 Å². The molecule has 0 saturated carbocycles. The van der Waals surface area contributed by atoms with Gasteiger partial charge in [0.2, 0.25) is 0 Å². The van der Waals surface area contributed by atoms with Gasteiger partial charge in [-0.2, -0.15) is 22.0 Å². The molecule has 1 amide bonds. The number of hydrogen-bond acceptors (Lipinski definition) is 2. The van der Waals surface area contributed by atoms with Crippen molar-refractivity contribution in [3.05, 3.63) is 29.3 Å². The molecule has 1 aromatic carbocycles. The summed E-state index contributed by atoms with van der Waals surface area (Å²) in [6, 6.07) is 3.44. The van der Waals surface area contributed by atoms with Crippen LogP contribution < -0.4 is 5.32 Å². The molecule has 0 fully saturated rings. The molecule has 0 heterocycles. The van der Waals surface area contributed by atoms with E-state index in [1.54, 1.807) is 0 Å². The van der Waals surface area contributed by atoms with E-state index in [1.807, 2.05) is 0 Å². The van der Waals surface area contributed by atoms with Crippen LogP contribution in [-0.2, 0) is 4.79 Å². The summed E-state index contributed by atoms with van der Waals surface area (Å²) in [6.07, 6.45) is -6.07. The standard InChI is InChI=1S/C11H8F5NO3/c1-5-3-2-4-6(7(5)8(18)19)17-9(20)10(12,13)11(14,15)16/h2-4H,1H3,(H,17,20)(H,18,19). The lowest BCUT2D eigenvalue weighted by atomic mass is 10.1. The molecule has 0 spiro atoms. The minimum atomic E-state index is -6.07. The first-order chi connectivity index (χ1) is 8.98. The number of anilines is 1. The molecule has 2 N–H and O–H groups in total. The monoisotopic (exact) mass is 297 g/mol. The zero-order valence-electron chi connectivity index (χ0n) is 9.89. The van der Waals surface area contributed by atoms with E-state index in [1.165, 1.54) is 24.4 Å². The Morgan fingerprint density at radius 1 is 1.15 bits per heavy atom. The maximum Gasteiger partial charge on any atom is 0.463 e. The summed E-state index contributed by atoms with van der Waals surface area (Å²) in [4.78, 5) is 21.9. The normalized spacial score (nSPS) is 12.1. The molecule has 4 nitrogen and oxygen atoms in total. The number of aryl methyl sites for hydroxylation is 1. The van der Waals surface area contributed by atoms with Crippen LogP contribution in [0.5, 0.6) is 0 Å². The molecule has 0 aliphatic heterocycles. The quantitative estimate of drug-likeness (QED) is 0.843. The Kier molecular flexibility index (Phi) is 4.02. The number of benzene rings is 1. The van der Waals surface area contributed by atoms with Crippen molar-refractivity contribution in [2.75, 3.05) is 5.32 Å². The average Bonchev–Trinajstić information content (AvgIpc) is 2.26. The molecule has 0 aromatic heterocycles. The maximum atomic E-state index is 12.8. The largest absolute Gasteiger partial charge is 0.478 e. The van der Waals surface area contributed by atoms with Crippen molar-refractivity contribution in [2.24, 2.45) is 0 Å². The second-order valence-corrected chi connectivity index (χ2v) is 3.83. The van der Waals surface area contributed by atoms with Crippen molar-refractivity contribution in [3.8, 4) is 0 Å². The summed E-state index contributed by atoms with van der Waals surface area (Å²) in [5.41, 5.74) is -1.09. The topological polar surface area (TPSA) is 66.4 Å². The van der Waals surface area contributed by atoms with E-state index >= 15 is 0 Å². The molecule has 110 valence electrons. The lowest BCUT2D eigenvalue weighted by molar-refractivity contribution is -0.267. The summed E-state index contributed by atoms with van der Waals surface area (Å²) >= 11 is 0. The molecule has 0 saturated heterocycles. The SMILES string of the molecule is Cc1cccc(NC(=O)C(F)(F)C(F)(F)F)c1C(=O)O. The van der Waals surface area contributed by atoms with Crippen molar-refractivity contribution in [1.29, 1.82) is 0 Å². The number of amides is 1. The molecule has 0 aliphatic carbocycles. The minimum absolute atomic E-state index is 0.102. The number of carboxylic acids is 1. The van der Waals surface area contributed by atoms with Gasteiger partial charge in [0.1, 0.15) is 0 Å². The zero-order chi connectivity index (χ0) is 15.7. The molecular formula is C11H8F5NO3. The van der Waals surface area contributed by atoms with Gasteiger partial charge in [-0.3, -0.25) is 4.79 Å². The lowest BCUT2D eigenvalue weighted by Gasteiger charge is -2.19. The lowest BCUT2D eigenvalue weighted by Crippen LogP contribution is -2.47. The van der Waals surface area contributed by atoms with Crippen LogP contribution in [0.15, 0.2) is 18.2 Å². The van der Waals surface area contributed by atoms with Crippen molar-refractivity contribution in [3.63, 3.8) is 0 Å². The Morgan fingerprint density at radius 3 is 2.15 bits per heavy atom. The third kappa shape index (κ3) is 2.86. The van der Waals surface area contributed by atoms with Gasteiger partial charge >= 0.3 is 24.0 Å². The van der Waals surface area contributed by atoms with E-state index in [0.717, 1.165) is 6.07 Å². The van der Waals surface area contributed by atoms with Gasteiger partial charge in [0.15, 0.2) is 0 Å². The fourth-order valence-corrected chi connectivity index (χ4v) is 1.39. The molecule has 9 heteroatoms. The predicted molar refractivity (Wildman–Crippen MR) is 57.8 cm³/mol. The second-order valence-electron chi connectivity index (χ2n) is 3.83.